The second-order valence-corrected chi connectivity index (χ2v) is 3.65. The lowest BCUT2D eigenvalue weighted by atomic mass is 10.00. The lowest BCUT2D eigenvalue weighted by Crippen LogP contribution is -1.83. The van der Waals surface area contributed by atoms with Crippen molar-refractivity contribution < 1.29 is 4.39 Å². The summed E-state index contributed by atoms with van der Waals surface area (Å²) in [6.45, 7) is 1.69. The summed E-state index contributed by atoms with van der Waals surface area (Å²) < 4.78 is 12.3. The zero-order valence-corrected chi connectivity index (χ0v) is 8.70. The smallest absolute Gasteiger partial charge is 0.115 e. The third kappa shape index (κ3) is 2.07. The van der Waals surface area contributed by atoms with Gasteiger partial charge in [0.05, 0.1) is 0 Å². The standard InChI is InChI=1S/C14H13F/c1-11-4-2-3-5-14(11)13-8-6-12(10-15)7-9-13/h2-9H,10H2,1H3. The predicted octanol–water partition coefficient (Wildman–Crippen LogP) is 4.13. The highest BCUT2D eigenvalue weighted by Crippen LogP contribution is 2.23. The second-order valence-electron chi connectivity index (χ2n) is 3.65. The summed E-state index contributed by atoms with van der Waals surface area (Å²) in [5, 5.41) is 0. The van der Waals surface area contributed by atoms with Gasteiger partial charge in [0.1, 0.15) is 6.67 Å². The van der Waals surface area contributed by atoms with Crippen LogP contribution in [0.2, 0.25) is 0 Å². The number of aryl methyl sites for hydroxylation is 1. The van der Waals surface area contributed by atoms with Crippen LogP contribution in [0.5, 0.6) is 0 Å². The molecule has 0 heterocycles. The quantitative estimate of drug-likeness (QED) is 0.683. The molecule has 2 rings (SSSR count). The molecule has 0 bridgehead atoms. The Balaban J connectivity index is 2.42. The van der Waals surface area contributed by atoms with Gasteiger partial charge in [-0.25, -0.2) is 4.39 Å². The van der Waals surface area contributed by atoms with Gasteiger partial charge in [-0.2, -0.15) is 0 Å². The molecule has 0 aliphatic rings. The Morgan fingerprint density at radius 1 is 0.933 bits per heavy atom. The number of hydrogen-bond donors (Lipinski definition) is 0. The van der Waals surface area contributed by atoms with E-state index in [2.05, 4.69) is 19.1 Å². The van der Waals surface area contributed by atoms with Crippen LogP contribution in [0.4, 0.5) is 4.39 Å². The van der Waals surface area contributed by atoms with E-state index in [0.29, 0.717) is 0 Å². The van der Waals surface area contributed by atoms with Gasteiger partial charge in [-0.3, -0.25) is 0 Å². The van der Waals surface area contributed by atoms with Crippen molar-refractivity contribution in [3.8, 4) is 11.1 Å². The van der Waals surface area contributed by atoms with Crippen LogP contribution in [0.15, 0.2) is 48.5 Å². The van der Waals surface area contributed by atoms with E-state index in [0.717, 1.165) is 11.1 Å². The Hall–Kier alpha value is -1.63. The molecule has 0 aliphatic heterocycles. The maximum Gasteiger partial charge on any atom is 0.115 e. The molecule has 0 amide bonds. The highest BCUT2D eigenvalue weighted by molar-refractivity contribution is 5.67. The van der Waals surface area contributed by atoms with E-state index in [1.54, 1.807) is 0 Å². The van der Waals surface area contributed by atoms with Gasteiger partial charge >= 0.3 is 0 Å². The molecule has 2 aromatic carbocycles. The summed E-state index contributed by atoms with van der Waals surface area (Å²) in [4.78, 5) is 0. The topological polar surface area (TPSA) is 0 Å². The predicted molar refractivity (Wildman–Crippen MR) is 61.4 cm³/mol. The van der Waals surface area contributed by atoms with Gasteiger partial charge in [-0.05, 0) is 29.2 Å². The van der Waals surface area contributed by atoms with Crippen molar-refractivity contribution in [2.75, 3.05) is 0 Å². The SMILES string of the molecule is Cc1ccccc1-c1ccc(CF)cc1. The van der Waals surface area contributed by atoms with Gasteiger partial charge in [0.2, 0.25) is 0 Å². The molecule has 0 N–H and O–H groups in total. The van der Waals surface area contributed by atoms with Crippen LogP contribution in [0.3, 0.4) is 0 Å². The molecule has 0 unspecified atom stereocenters. The summed E-state index contributed by atoms with van der Waals surface area (Å²) >= 11 is 0. The third-order valence-electron chi connectivity index (χ3n) is 2.56. The van der Waals surface area contributed by atoms with Gasteiger partial charge in [0.25, 0.3) is 0 Å². The van der Waals surface area contributed by atoms with Crippen molar-refractivity contribution in [3.63, 3.8) is 0 Å². The van der Waals surface area contributed by atoms with Crippen molar-refractivity contribution >= 4 is 0 Å². The molecule has 2 aromatic rings. The van der Waals surface area contributed by atoms with Gasteiger partial charge in [0, 0.05) is 0 Å². The molecule has 0 atom stereocenters. The minimum Gasteiger partial charge on any atom is -0.246 e. The Labute approximate surface area is 89.4 Å². The molecule has 15 heavy (non-hydrogen) atoms. The molecular weight excluding hydrogens is 187 g/mol. The van der Waals surface area contributed by atoms with Gasteiger partial charge in [-0.15, -0.1) is 0 Å². The van der Waals surface area contributed by atoms with E-state index in [-0.39, 0.29) is 0 Å². The summed E-state index contributed by atoms with van der Waals surface area (Å²) in [5.74, 6) is 0. The number of rotatable bonds is 2. The van der Waals surface area contributed by atoms with Gasteiger partial charge < -0.3 is 0 Å². The van der Waals surface area contributed by atoms with E-state index >= 15 is 0 Å². The first-order chi connectivity index (χ1) is 7.31. The number of hydrogen-bond acceptors (Lipinski definition) is 0. The zero-order valence-electron chi connectivity index (χ0n) is 8.70. The van der Waals surface area contributed by atoms with Crippen molar-refractivity contribution in [3.05, 3.63) is 59.7 Å². The van der Waals surface area contributed by atoms with Gasteiger partial charge in [0.15, 0.2) is 0 Å². The number of alkyl halides is 1. The van der Waals surface area contributed by atoms with Crippen LogP contribution in [0, 0.1) is 6.92 Å². The Kier molecular flexibility index (Phi) is 2.82. The van der Waals surface area contributed by atoms with Crippen LogP contribution in [0.1, 0.15) is 11.1 Å². The summed E-state index contributed by atoms with van der Waals surface area (Å²) in [7, 11) is 0. The zero-order chi connectivity index (χ0) is 10.7. The summed E-state index contributed by atoms with van der Waals surface area (Å²) in [5.41, 5.74) is 4.33. The lowest BCUT2D eigenvalue weighted by molar-refractivity contribution is 0.485. The van der Waals surface area contributed by atoms with E-state index in [1.807, 2.05) is 36.4 Å². The van der Waals surface area contributed by atoms with E-state index in [1.165, 1.54) is 11.1 Å². The molecule has 0 fully saturated rings. The number of halogens is 1. The highest BCUT2D eigenvalue weighted by atomic mass is 19.1. The first-order valence-corrected chi connectivity index (χ1v) is 5.02. The monoisotopic (exact) mass is 200 g/mol. The molecular formula is C14H13F. The molecule has 0 aliphatic carbocycles. The lowest BCUT2D eigenvalue weighted by Gasteiger charge is -2.05. The van der Waals surface area contributed by atoms with E-state index < -0.39 is 6.67 Å². The maximum absolute atomic E-state index is 12.3. The van der Waals surface area contributed by atoms with Crippen LogP contribution in [-0.4, -0.2) is 0 Å². The first-order valence-electron chi connectivity index (χ1n) is 5.02. The van der Waals surface area contributed by atoms with Crippen LogP contribution < -0.4 is 0 Å². The molecule has 0 spiro atoms. The Morgan fingerprint density at radius 2 is 1.60 bits per heavy atom. The van der Waals surface area contributed by atoms with Crippen molar-refractivity contribution in [2.45, 2.75) is 13.6 Å². The van der Waals surface area contributed by atoms with Crippen molar-refractivity contribution in [1.29, 1.82) is 0 Å². The highest BCUT2D eigenvalue weighted by Gasteiger charge is 2.00. The average molecular weight is 200 g/mol. The summed E-state index contributed by atoms with van der Waals surface area (Å²) in [6.07, 6.45) is 0. The molecule has 0 saturated carbocycles. The fourth-order valence-corrected chi connectivity index (χ4v) is 1.67. The molecule has 76 valence electrons. The van der Waals surface area contributed by atoms with Crippen LogP contribution in [-0.2, 0) is 6.67 Å². The normalized spacial score (nSPS) is 10.3. The largest absolute Gasteiger partial charge is 0.246 e. The second kappa shape index (κ2) is 4.26. The Morgan fingerprint density at radius 3 is 2.20 bits per heavy atom. The fraction of sp³-hybridized carbons (Fsp3) is 0.143. The molecule has 0 saturated heterocycles. The minimum atomic E-state index is -0.395. The minimum absolute atomic E-state index is 0.395. The van der Waals surface area contributed by atoms with E-state index in [4.69, 9.17) is 0 Å². The Bertz CT molecular complexity index is 443. The van der Waals surface area contributed by atoms with Crippen LogP contribution >= 0.6 is 0 Å². The molecule has 0 nitrogen and oxygen atoms in total. The maximum atomic E-state index is 12.3. The first kappa shape index (κ1) is 9.91. The van der Waals surface area contributed by atoms with Crippen molar-refractivity contribution in [2.24, 2.45) is 0 Å². The average Bonchev–Trinajstić information content (AvgIpc) is 2.30. The van der Waals surface area contributed by atoms with E-state index in [9.17, 15) is 4.39 Å². The third-order valence-corrected chi connectivity index (χ3v) is 2.56. The van der Waals surface area contributed by atoms with Gasteiger partial charge in [-0.1, -0.05) is 48.5 Å². The molecule has 0 radical (unpaired) electrons. The molecule has 0 aromatic heterocycles. The van der Waals surface area contributed by atoms with Crippen molar-refractivity contribution in [1.82, 2.24) is 0 Å². The molecule has 1 heteroatoms. The number of benzene rings is 2. The fourth-order valence-electron chi connectivity index (χ4n) is 1.67. The summed E-state index contributed by atoms with van der Waals surface area (Å²) in [6, 6.07) is 15.8. The van der Waals surface area contributed by atoms with Crippen LogP contribution in [0.25, 0.3) is 11.1 Å².